The van der Waals surface area contributed by atoms with Crippen molar-refractivity contribution in [3.63, 3.8) is 0 Å². The van der Waals surface area contributed by atoms with Gasteiger partial charge in [-0.2, -0.15) is 4.39 Å². The summed E-state index contributed by atoms with van der Waals surface area (Å²) in [5.74, 6) is -2.17. The van der Waals surface area contributed by atoms with Crippen LogP contribution >= 0.6 is 31.9 Å². The highest BCUT2D eigenvalue weighted by Crippen LogP contribution is 2.31. The Balaban J connectivity index is 2.35. The van der Waals surface area contributed by atoms with Crippen molar-refractivity contribution in [3.8, 4) is 5.75 Å². The van der Waals surface area contributed by atoms with Crippen LogP contribution in [0.1, 0.15) is 18.6 Å². The summed E-state index contributed by atoms with van der Waals surface area (Å²) in [6.45, 7) is 1.75. The Bertz CT molecular complexity index is 632. The summed E-state index contributed by atoms with van der Waals surface area (Å²) in [6, 6.07) is 9.36. The zero-order valence-electron chi connectivity index (χ0n) is 11.1. The molecule has 0 amide bonds. The van der Waals surface area contributed by atoms with Gasteiger partial charge in [0.2, 0.25) is 5.82 Å². The topological polar surface area (TPSA) is 35.2 Å². The minimum absolute atomic E-state index is 0.174. The average molecular weight is 421 g/mol. The molecule has 0 aliphatic carbocycles. The first-order valence-electron chi connectivity index (χ1n) is 6.20. The molecule has 0 aliphatic rings. The first-order valence-corrected chi connectivity index (χ1v) is 7.79. The number of hydrogen-bond donors (Lipinski definition) is 1. The van der Waals surface area contributed by atoms with E-state index in [1.54, 1.807) is 6.92 Å². The van der Waals surface area contributed by atoms with Crippen LogP contribution in [0.3, 0.4) is 0 Å². The molecule has 0 saturated heterocycles. The summed E-state index contributed by atoms with van der Waals surface area (Å²) in [5, 5.41) is 0. The Labute approximate surface area is 138 Å². The van der Waals surface area contributed by atoms with Crippen molar-refractivity contribution in [1.29, 1.82) is 0 Å². The van der Waals surface area contributed by atoms with Crippen molar-refractivity contribution in [3.05, 3.63) is 62.5 Å². The normalized spacial score (nSPS) is 13.8. The molecule has 0 aromatic heterocycles. The lowest BCUT2D eigenvalue weighted by atomic mass is 10.0. The zero-order valence-corrected chi connectivity index (χ0v) is 14.3. The number of ether oxygens (including phenoxy) is 1. The summed E-state index contributed by atoms with van der Waals surface area (Å²) >= 11 is 6.46. The van der Waals surface area contributed by atoms with Crippen molar-refractivity contribution in [2.24, 2.45) is 5.73 Å². The number of hydrogen-bond acceptors (Lipinski definition) is 2. The predicted molar refractivity (Wildman–Crippen MR) is 85.2 cm³/mol. The second kappa shape index (κ2) is 6.85. The SMILES string of the molecule is CC(N)C(Oc1cc(Br)cc(F)c1F)c1ccc(Br)cc1. The molecule has 0 fully saturated rings. The molecule has 0 radical (unpaired) electrons. The van der Waals surface area contributed by atoms with E-state index in [2.05, 4.69) is 31.9 Å². The van der Waals surface area contributed by atoms with E-state index in [0.717, 1.165) is 16.1 Å². The molecular weight excluding hydrogens is 408 g/mol. The smallest absolute Gasteiger partial charge is 0.200 e. The van der Waals surface area contributed by atoms with Crippen LogP contribution in [0.5, 0.6) is 5.75 Å². The highest BCUT2D eigenvalue weighted by Gasteiger charge is 2.21. The van der Waals surface area contributed by atoms with E-state index >= 15 is 0 Å². The van der Waals surface area contributed by atoms with Crippen LogP contribution in [-0.2, 0) is 0 Å². The molecule has 2 rings (SSSR count). The molecule has 6 heteroatoms. The van der Waals surface area contributed by atoms with Gasteiger partial charge in [-0.15, -0.1) is 0 Å². The van der Waals surface area contributed by atoms with E-state index in [4.69, 9.17) is 10.5 Å². The summed E-state index contributed by atoms with van der Waals surface area (Å²) < 4.78 is 34.2. The maximum absolute atomic E-state index is 13.8. The van der Waals surface area contributed by atoms with Gasteiger partial charge in [0.05, 0.1) is 0 Å². The molecule has 21 heavy (non-hydrogen) atoms. The number of benzene rings is 2. The highest BCUT2D eigenvalue weighted by molar-refractivity contribution is 9.10. The monoisotopic (exact) mass is 419 g/mol. The van der Waals surface area contributed by atoms with Crippen molar-refractivity contribution in [2.45, 2.75) is 19.1 Å². The van der Waals surface area contributed by atoms with Gasteiger partial charge in [-0.1, -0.05) is 44.0 Å². The van der Waals surface area contributed by atoms with Gasteiger partial charge in [-0.05, 0) is 36.8 Å². The average Bonchev–Trinajstić information content (AvgIpc) is 2.42. The summed E-state index contributed by atoms with van der Waals surface area (Å²) in [6.07, 6.45) is -0.582. The van der Waals surface area contributed by atoms with E-state index < -0.39 is 23.8 Å². The van der Waals surface area contributed by atoms with E-state index in [1.165, 1.54) is 6.07 Å². The molecule has 2 unspecified atom stereocenters. The van der Waals surface area contributed by atoms with Crippen molar-refractivity contribution < 1.29 is 13.5 Å². The summed E-state index contributed by atoms with van der Waals surface area (Å²) in [5.41, 5.74) is 6.70. The zero-order chi connectivity index (χ0) is 15.6. The maximum Gasteiger partial charge on any atom is 0.200 e. The second-order valence-corrected chi connectivity index (χ2v) is 6.48. The lowest BCUT2D eigenvalue weighted by molar-refractivity contribution is 0.170. The van der Waals surface area contributed by atoms with Gasteiger partial charge < -0.3 is 10.5 Å². The maximum atomic E-state index is 13.8. The van der Waals surface area contributed by atoms with Crippen LogP contribution in [-0.4, -0.2) is 6.04 Å². The second-order valence-electron chi connectivity index (χ2n) is 4.65. The molecule has 0 aliphatic heterocycles. The standard InChI is InChI=1S/C15H13Br2F2NO/c1-8(20)15(9-2-4-10(16)5-3-9)21-13-7-11(17)6-12(18)14(13)19/h2-8,15H,20H2,1H3. The molecule has 2 aromatic rings. The van der Waals surface area contributed by atoms with Gasteiger partial charge in [0.15, 0.2) is 11.6 Å². The Hall–Kier alpha value is -0.980. The van der Waals surface area contributed by atoms with Crippen LogP contribution < -0.4 is 10.5 Å². The van der Waals surface area contributed by atoms with Crippen molar-refractivity contribution in [2.75, 3.05) is 0 Å². The molecule has 0 heterocycles. The fraction of sp³-hybridized carbons (Fsp3) is 0.200. The van der Waals surface area contributed by atoms with E-state index in [0.29, 0.717) is 4.47 Å². The van der Waals surface area contributed by atoms with Gasteiger partial charge in [-0.25, -0.2) is 4.39 Å². The fourth-order valence-corrected chi connectivity index (χ4v) is 2.56. The number of halogens is 4. The van der Waals surface area contributed by atoms with E-state index in [-0.39, 0.29) is 5.75 Å². The van der Waals surface area contributed by atoms with Gasteiger partial charge in [0.1, 0.15) is 6.10 Å². The first kappa shape index (κ1) is 16.4. The predicted octanol–water partition coefficient (Wildman–Crippen LogP) is 4.96. The Morgan fingerprint density at radius 3 is 2.24 bits per heavy atom. The van der Waals surface area contributed by atoms with Gasteiger partial charge in [0, 0.05) is 15.0 Å². The van der Waals surface area contributed by atoms with Crippen LogP contribution in [0.4, 0.5) is 8.78 Å². The molecule has 2 nitrogen and oxygen atoms in total. The fourth-order valence-electron chi connectivity index (χ4n) is 1.89. The quantitative estimate of drug-likeness (QED) is 0.709. The molecule has 2 atom stereocenters. The van der Waals surface area contributed by atoms with E-state index in [9.17, 15) is 8.78 Å². The Morgan fingerprint density at radius 1 is 1.05 bits per heavy atom. The molecular formula is C15H13Br2F2NO. The molecule has 0 bridgehead atoms. The third-order valence-corrected chi connectivity index (χ3v) is 3.88. The molecule has 0 saturated carbocycles. The Kier molecular flexibility index (Phi) is 5.35. The molecule has 2 N–H and O–H groups in total. The summed E-state index contributed by atoms with van der Waals surface area (Å²) in [7, 11) is 0. The van der Waals surface area contributed by atoms with Crippen LogP contribution in [0.25, 0.3) is 0 Å². The minimum Gasteiger partial charge on any atom is -0.481 e. The Morgan fingerprint density at radius 2 is 1.67 bits per heavy atom. The number of rotatable bonds is 4. The highest BCUT2D eigenvalue weighted by atomic mass is 79.9. The van der Waals surface area contributed by atoms with Crippen LogP contribution in [0.15, 0.2) is 45.3 Å². The molecule has 2 aromatic carbocycles. The van der Waals surface area contributed by atoms with Crippen molar-refractivity contribution >= 4 is 31.9 Å². The molecule has 0 spiro atoms. The van der Waals surface area contributed by atoms with Crippen molar-refractivity contribution in [1.82, 2.24) is 0 Å². The van der Waals surface area contributed by atoms with Crippen LogP contribution in [0.2, 0.25) is 0 Å². The van der Waals surface area contributed by atoms with Gasteiger partial charge in [-0.3, -0.25) is 0 Å². The van der Waals surface area contributed by atoms with Gasteiger partial charge >= 0.3 is 0 Å². The van der Waals surface area contributed by atoms with E-state index in [1.807, 2.05) is 24.3 Å². The van der Waals surface area contributed by atoms with Crippen LogP contribution in [0, 0.1) is 11.6 Å². The third-order valence-electron chi connectivity index (χ3n) is 2.89. The minimum atomic E-state index is -1.03. The lowest BCUT2D eigenvalue weighted by Gasteiger charge is -2.23. The third kappa shape index (κ3) is 4.02. The largest absolute Gasteiger partial charge is 0.481 e. The lowest BCUT2D eigenvalue weighted by Crippen LogP contribution is -2.29. The first-order chi connectivity index (χ1) is 9.88. The molecule has 112 valence electrons. The summed E-state index contributed by atoms with van der Waals surface area (Å²) in [4.78, 5) is 0. The van der Waals surface area contributed by atoms with Gasteiger partial charge in [0.25, 0.3) is 0 Å². The number of nitrogens with two attached hydrogens (primary N) is 1.